The van der Waals surface area contributed by atoms with Gasteiger partial charge in [-0.05, 0) is 48.7 Å². The lowest BCUT2D eigenvalue weighted by Gasteiger charge is -2.15. The van der Waals surface area contributed by atoms with Gasteiger partial charge in [0, 0.05) is 28.9 Å². The Morgan fingerprint density at radius 3 is 2.80 bits per heavy atom. The number of ether oxygens (including phenoxy) is 2. The van der Waals surface area contributed by atoms with Gasteiger partial charge < -0.3 is 19.8 Å². The van der Waals surface area contributed by atoms with Crippen LogP contribution in [0.1, 0.15) is 18.4 Å². The molecule has 2 aliphatic rings. The number of carbonyl (C=O) groups excluding carboxylic acids is 1. The number of H-pyrrole nitrogens is 1. The third kappa shape index (κ3) is 2.17. The summed E-state index contributed by atoms with van der Waals surface area (Å²) >= 11 is 0. The molecule has 1 aromatic heterocycles. The van der Waals surface area contributed by atoms with Crippen LogP contribution in [0.4, 0.5) is 10.1 Å². The highest BCUT2D eigenvalue weighted by atomic mass is 19.1. The van der Waals surface area contributed by atoms with Crippen LogP contribution in [0.15, 0.2) is 42.6 Å². The molecular weight excluding hydrogens is 323 g/mol. The van der Waals surface area contributed by atoms with E-state index in [4.69, 9.17) is 9.47 Å². The molecule has 0 saturated heterocycles. The zero-order valence-electron chi connectivity index (χ0n) is 13.3. The lowest BCUT2D eigenvalue weighted by molar-refractivity contribution is -0.118. The number of hydrogen-bond acceptors (Lipinski definition) is 3. The van der Waals surface area contributed by atoms with E-state index in [0.717, 1.165) is 23.8 Å². The first-order chi connectivity index (χ1) is 12.2. The van der Waals surface area contributed by atoms with Crippen molar-refractivity contribution in [3.63, 3.8) is 0 Å². The second kappa shape index (κ2) is 4.99. The van der Waals surface area contributed by atoms with Gasteiger partial charge in [0.15, 0.2) is 11.5 Å². The number of aromatic amines is 1. The summed E-state index contributed by atoms with van der Waals surface area (Å²) in [6.07, 6.45) is 3.36. The maximum atomic E-state index is 13.4. The third-order valence-corrected chi connectivity index (χ3v) is 4.97. The van der Waals surface area contributed by atoms with Gasteiger partial charge in [-0.3, -0.25) is 4.79 Å². The van der Waals surface area contributed by atoms with E-state index in [1.165, 1.54) is 12.1 Å². The van der Waals surface area contributed by atoms with E-state index >= 15 is 0 Å². The molecule has 0 radical (unpaired) electrons. The number of fused-ring (bicyclic) bond motifs is 2. The summed E-state index contributed by atoms with van der Waals surface area (Å²) in [6, 6.07) is 9.94. The number of aromatic nitrogens is 1. The fraction of sp³-hybridized carbons (Fsp3) is 0.211. The van der Waals surface area contributed by atoms with E-state index in [1.807, 2.05) is 6.20 Å². The number of hydrogen-bond donors (Lipinski definition) is 2. The Bertz CT molecular complexity index is 1010. The summed E-state index contributed by atoms with van der Waals surface area (Å²) < 4.78 is 24.0. The quantitative estimate of drug-likeness (QED) is 0.765. The van der Waals surface area contributed by atoms with Crippen molar-refractivity contribution in [3.8, 4) is 11.5 Å². The van der Waals surface area contributed by atoms with Crippen molar-refractivity contribution in [3.05, 3.63) is 54.0 Å². The van der Waals surface area contributed by atoms with Crippen molar-refractivity contribution in [1.82, 2.24) is 4.98 Å². The van der Waals surface area contributed by atoms with E-state index in [2.05, 4.69) is 10.3 Å². The standard InChI is InChI=1S/C19H15FN2O3/c20-11-1-3-13-14(9-21-15(13)7-11)19(5-6-19)18(23)22-12-2-4-16-17(8-12)25-10-24-16/h1-4,7-9,21H,5-6,10H2,(H,22,23). The van der Waals surface area contributed by atoms with E-state index in [0.29, 0.717) is 22.7 Å². The SMILES string of the molecule is O=C(Nc1ccc2c(c1)OCO2)C1(c2c[nH]c3cc(F)ccc23)CC1. The number of carbonyl (C=O) groups is 1. The molecule has 2 aromatic carbocycles. The summed E-state index contributed by atoms with van der Waals surface area (Å²) in [7, 11) is 0. The highest BCUT2D eigenvalue weighted by molar-refractivity contribution is 6.04. The van der Waals surface area contributed by atoms with Gasteiger partial charge in [-0.2, -0.15) is 0 Å². The van der Waals surface area contributed by atoms with Crippen molar-refractivity contribution in [2.45, 2.75) is 18.3 Å². The molecule has 2 N–H and O–H groups in total. The number of anilines is 1. The lowest BCUT2D eigenvalue weighted by atomic mass is 9.94. The van der Waals surface area contributed by atoms with E-state index in [-0.39, 0.29) is 18.5 Å². The van der Waals surface area contributed by atoms with Crippen molar-refractivity contribution >= 4 is 22.5 Å². The Kier molecular flexibility index (Phi) is 2.86. The number of halogens is 1. The van der Waals surface area contributed by atoms with Gasteiger partial charge in [0.2, 0.25) is 12.7 Å². The summed E-state index contributed by atoms with van der Waals surface area (Å²) in [4.78, 5) is 16.0. The van der Waals surface area contributed by atoms with Crippen LogP contribution in [0.2, 0.25) is 0 Å². The normalized spacial score (nSPS) is 16.8. The second-order valence-electron chi connectivity index (χ2n) is 6.50. The molecule has 6 heteroatoms. The molecule has 0 bridgehead atoms. The van der Waals surface area contributed by atoms with Crippen LogP contribution < -0.4 is 14.8 Å². The topological polar surface area (TPSA) is 63.4 Å². The van der Waals surface area contributed by atoms with Crippen molar-refractivity contribution in [2.24, 2.45) is 0 Å². The van der Waals surface area contributed by atoms with Crippen LogP contribution in [0.5, 0.6) is 11.5 Å². The van der Waals surface area contributed by atoms with E-state index in [1.54, 1.807) is 24.3 Å². The number of rotatable bonds is 3. The smallest absolute Gasteiger partial charge is 0.235 e. The summed E-state index contributed by atoms with van der Waals surface area (Å²) in [6.45, 7) is 0.197. The van der Waals surface area contributed by atoms with Gasteiger partial charge in [-0.15, -0.1) is 0 Å². The van der Waals surface area contributed by atoms with E-state index < -0.39 is 5.41 Å². The van der Waals surface area contributed by atoms with Crippen LogP contribution in [0.25, 0.3) is 10.9 Å². The molecule has 1 fully saturated rings. The van der Waals surface area contributed by atoms with Gasteiger partial charge in [-0.25, -0.2) is 4.39 Å². The summed E-state index contributed by atoms with van der Waals surface area (Å²) in [5, 5.41) is 3.86. The molecule has 1 aliphatic heterocycles. The summed E-state index contributed by atoms with van der Waals surface area (Å²) in [5.41, 5.74) is 1.73. The molecule has 2 heterocycles. The minimum atomic E-state index is -0.563. The first-order valence-corrected chi connectivity index (χ1v) is 8.14. The number of nitrogens with one attached hydrogen (secondary N) is 2. The Hall–Kier alpha value is -3.02. The van der Waals surface area contributed by atoms with Gasteiger partial charge in [-0.1, -0.05) is 0 Å². The molecule has 126 valence electrons. The molecule has 0 spiro atoms. The zero-order chi connectivity index (χ0) is 17.0. The molecule has 25 heavy (non-hydrogen) atoms. The number of benzene rings is 2. The molecule has 0 unspecified atom stereocenters. The fourth-order valence-electron chi connectivity index (χ4n) is 3.46. The largest absolute Gasteiger partial charge is 0.454 e. The highest BCUT2D eigenvalue weighted by Crippen LogP contribution is 2.51. The van der Waals surface area contributed by atoms with E-state index in [9.17, 15) is 9.18 Å². The van der Waals surface area contributed by atoms with Crippen molar-refractivity contribution < 1.29 is 18.7 Å². The predicted octanol–water partition coefficient (Wildman–Crippen LogP) is 3.71. The zero-order valence-corrected chi connectivity index (χ0v) is 13.3. The lowest BCUT2D eigenvalue weighted by Crippen LogP contribution is -2.27. The fourth-order valence-corrected chi connectivity index (χ4v) is 3.46. The molecule has 1 amide bonds. The molecule has 0 atom stereocenters. The van der Waals surface area contributed by atoms with Crippen molar-refractivity contribution in [1.29, 1.82) is 0 Å². The van der Waals surface area contributed by atoms with Gasteiger partial charge in [0.25, 0.3) is 0 Å². The Morgan fingerprint density at radius 2 is 1.96 bits per heavy atom. The van der Waals surface area contributed by atoms with Crippen LogP contribution in [0.3, 0.4) is 0 Å². The average Bonchev–Trinajstić information content (AvgIpc) is 3.09. The van der Waals surface area contributed by atoms with Gasteiger partial charge in [0.1, 0.15) is 5.82 Å². The van der Waals surface area contributed by atoms with Crippen LogP contribution in [0, 0.1) is 5.82 Å². The monoisotopic (exact) mass is 338 g/mol. The second-order valence-corrected chi connectivity index (χ2v) is 6.50. The van der Waals surface area contributed by atoms with Gasteiger partial charge >= 0.3 is 0 Å². The Morgan fingerprint density at radius 1 is 1.12 bits per heavy atom. The molecule has 5 nitrogen and oxygen atoms in total. The molecule has 3 aromatic rings. The first kappa shape index (κ1) is 14.3. The highest BCUT2D eigenvalue weighted by Gasteiger charge is 2.52. The third-order valence-electron chi connectivity index (χ3n) is 4.97. The maximum Gasteiger partial charge on any atom is 0.235 e. The maximum absolute atomic E-state index is 13.4. The molecule has 1 aliphatic carbocycles. The van der Waals surface area contributed by atoms with Gasteiger partial charge in [0.05, 0.1) is 5.41 Å². The minimum absolute atomic E-state index is 0.0587. The average molecular weight is 338 g/mol. The van der Waals surface area contributed by atoms with Crippen molar-refractivity contribution in [2.75, 3.05) is 12.1 Å². The predicted molar refractivity (Wildman–Crippen MR) is 90.4 cm³/mol. The van der Waals surface area contributed by atoms with Crippen LogP contribution >= 0.6 is 0 Å². The minimum Gasteiger partial charge on any atom is -0.454 e. The van der Waals surface area contributed by atoms with Crippen LogP contribution in [-0.4, -0.2) is 17.7 Å². The Balaban J connectivity index is 1.46. The first-order valence-electron chi connectivity index (χ1n) is 8.14. The molecular formula is C19H15FN2O3. The molecule has 5 rings (SSSR count). The summed E-state index contributed by atoms with van der Waals surface area (Å²) in [5.74, 6) is 0.954. The molecule has 1 saturated carbocycles. The Labute approximate surface area is 142 Å². The van der Waals surface area contributed by atoms with Crippen LogP contribution in [-0.2, 0) is 10.2 Å². The number of amides is 1.